The van der Waals surface area contributed by atoms with Crippen LogP contribution in [0.15, 0.2) is 36.4 Å². The minimum absolute atomic E-state index is 0.334. The Morgan fingerprint density at radius 2 is 1.51 bits per heavy atom. The quantitative estimate of drug-likeness (QED) is 0.0935. The number of hydrogen-bond donors (Lipinski definition) is 5. The van der Waals surface area contributed by atoms with Gasteiger partial charge in [0.2, 0.25) is 12.0 Å². The van der Waals surface area contributed by atoms with Crippen molar-refractivity contribution in [1.82, 2.24) is 0 Å². The van der Waals surface area contributed by atoms with Gasteiger partial charge in [0.1, 0.15) is 12.7 Å². The summed E-state index contributed by atoms with van der Waals surface area (Å²) in [6, 6.07) is 6.05. The Morgan fingerprint density at radius 3 is 2.12 bits per heavy atom. The summed E-state index contributed by atoms with van der Waals surface area (Å²) in [6.45, 7) is 2.73. The van der Waals surface area contributed by atoms with E-state index in [1.165, 1.54) is 24.3 Å². The molecule has 41 heavy (non-hydrogen) atoms. The van der Waals surface area contributed by atoms with Crippen molar-refractivity contribution >= 4 is 29.8 Å². The Balaban J connectivity index is 1.86. The highest BCUT2D eigenvalue weighted by molar-refractivity contribution is 6.09. The van der Waals surface area contributed by atoms with Crippen molar-refractivity contribution in [1.29, 1.82) is 0 Å². The number of aromatic hydroxyl groups is 4. The van der Waals surface area contributed by atoms with E-state index in [0.29, 0.717) is 5.56 Å². The van der Waals surface area contributed by atoms with Crippen LogP contribution in [0.2, 0.25) is 0 Å². The van der Waals surface area contributed by atoms with E-state index in [2.05, 4.69) is 0 Å². The number of phenolic OH excluding ortho intramolecular Hbond substituents is 4. The first-order chi connectivity index (χ1) is 19.3. The second-order valence-corrected chi connectivity index (χ2v) is 8.86. The molecule has 1 heterocycles. The highest BCUT2D eigenvalue weighted by Crippen LogP contribution is 2.40. The molecule has 0 saturated carbocycles. The van der Waals surface area contributed by atoms with Crippen LogP contribution in [0.1, 0.15) is 36.7 Å². The molecule has 2 aromatic carbocycles. The normalized spacial score (nSPS) is 22.1. The molecule has 0 spiro atoms. The number of allylic oxidation sites excluding steroid dienone is 1. The lowest BCUT2D eigenvalue weighted by molar-refractivity contribution is -0.285. The molecule has 1 saturated heterocycles. The maximum absolute atomic E-state index is 12.6. The van der Waals surface area contributed by atoms with Crippen LogP contribution in [-0.2, 0) is 33.3 Å². The third-order valence-corrected chi connectivity index (χ3v) is 5.72. The maximum atomic E-state index is 12.6. The molecule has 220 valence electrons. The standard InChI is InChI=1S/C27H28O14/c1-12(28)37-11-21-25(38-13(2)29)26(39-14(3)30)24(36)27(41-21)40-20-9-6-16(22(34)23(20)35)17(31)7-4-15-5-8-18(32)19(33)10-15/h4-10,21,24-27,32-36H,11H2,1-3H3/b7-4+/t21?,24?,25-,26-,27-/m1/s1. The fraction of sp³-hybridized carbons (Fsp3) is 0.333. The van der Waals surface area contributed by atoms with Crippen LogP contribution >= 0.6 is 0 Å². The number of aliphatic hydroxyl groups is 1. The zero-order chi connectivity index (χ0) is 30.4. The van der Waals surface area contributed by atoms with Crippen LogP contribution in [0.25, 0.3) is 6.08 Å². The van der Waals surface area contributed by atoms with E-state index in [4.69, 9.17) is 23.7 Å². The number of aliphatic hydroxyl groups excluding tert-OH is 1. The molecular weight excluding hydrogens is 548 g/mol. The van der Waals surface area contributed by atoms with Crippen LogP contribution in [0.3, 0.4) is 0 Å². The molecule has 5 N–H and O–H groups in total. The molecule has 1 aliphatic rings. The van der Waals surface area contributed by atoms with E-state index in [1.54, 1.807) is 0 Å². The van der Waals surface area contributed by atoms with Crippen molar-refractivity contribution in [3.05, 3.63) is 47.5 Å². The topological polar surface area (TPSA) is 216 Å². The predicted molar refractivity (Wildman–Crippen MR) is 136 cm³/mol. The highest BCUT2D eigenvalue weighted by atomic mass is 16.7. The van der Waals surface area contributed by atoms with Gasteiger partial charge < -0.3 is 49.2 Å². The molecule has 0 amide bonds. The molecule has 2 aromatic rings. The van der Waals surface area contributed by atoms with Crippen molar-refractivity contribution in [2.45, 2.75) is 51.5 Å². The molecular formula is C27H28O14. The Morgan fingerprint density at radius 1 is 0.854 bits per heavy atom. The van der Waals surface area contributed by atoms with Gasteiger partial charge in [0.15, 0.2) is 47.1 Å². The molecule has 14 nitrogen and oxygen atoms in total. The zero-order valence-electron chi connectivity index (χ0n) is 22.0. The van der Waals surface area contributed by atoms with Crippen molar-refractivity contribution < 1.29 is 68.4 Å². The lowest BCUT2D eigenvalue weighted by atomic mass is 9.98. The maximum Gasteiger partial charge on any atom is 0.303 e. The first-order valence-corrected chi connectivity index (χ1v) is 12.1. The molecule has 0 aliphatic carbocycles. The van der Waals surface area contributed by atoms with Gasteiger partial charge in [0.25, 0.3) is 0 Å². The Kier molecular flexibility index (Phi) is 9.76. The van der Waals surface area contributed by atoms with Gasteiger partial charge in [-0.25, -0.2) is 0 Å². The number of rotatable bonds is 9. The van der Waals surface area contributed by atoms with Crippen LogP contribution in [0, 0.1) is 0 Å². The highest BCUT2D eigenvalue weighted by Gasteiger charge is 2.51. The average Bonchev–Trinajstić information content (AvgIpc) is 2.89. The minimum atomic E-state index is -1.80. The second kappa shape index (κ2) is 13.0. The molecule has 3 rings (SSSR count). The van der Waals surface area contributed by atoms with Gasteiger partial charge in [-0.3, -0.25) is 19.2 Å². The van der Waals surface area contributed by atoms with Crippen LogP contribution in [-0.4, -0.2) is 86.5 Å². The number of ketones is 1. The molecule has 0 bridgehead atoms. The number of hydrogen-bond acceptors (Lipinski definition) is 14. The SMILES string of the molecule is CC(=O)OCC1O[C@@H](Oc2ccc(C(=O)/C=C/c3ccc(O)c(O)c3)c(O)c2O)C(O)[C@@H](OC(C)=O)[C@@H]1OC(C)=O. The molecule has 14 heteroatoms. The summed E-state index contributed by atoms with van der Waals surface area (Å²) in [7, 11) is 0. The first-order valence-electron chi connectivity index (χ1n) is 12.1. The van der Waals surface area contributed by atoms with Gasteiger partial charge in [0, 0.05) is 20.8 Å². The summed E-state index contributed by atoms with van der Waals surface area (Å²) in [5.41, 5.74) is 0.0260. The van der Waals surface area contributed by atoms with Gasteiger partial charge in [0.05, 0.1) is 5.56 Å². The number of benzene rings is 2. The smallest absolute Gasteiger partial charge is 0.303 e. The van der Waals surface area contributed by atoms with Crippen LogP contribution in [0.4, 0.5) is 0 Å². The molecule has 1 fully saturated rings. The largest absolute Gasteiger partial charge is 0.504 e. The Bertz CT molecular complexity index is 1350. The second-order valence-electron chi connectivity index (χ2n) is 8.86. The van der Waals surface area contributed by atoms with Gasteiger partial charge in [-0.2, -0.15) is 0 Å². The van der Waals surface area contributed by atoms with E-state index in [0.717, 1.165) is 39.0 Å². The van der Waals surface area contributed by atoms with Crippen molar-refractivity contribution in [2.75, 3.05) is 6.61 Å². The molecule has 2 unspecified atom stereocenters. The van der Waals surface area contributed by atoms with Gasteiger partial charge in [-0.05, 0) is 35.9 Å². The fourth-order valence-corrected chi connectivity index (χ4v) is 3.87. The monoisotopic (exact) mass is 576 g/mol. The summed E-state index contributed by atoms with van der Waals surface area (Å²) >= 11 is 0. The molecule has 0 aromatic heterocycles. The Labute approximate surface area is 232 Å². The van der Waals surface area contributed by atoms with Gasteiger partial charge >= 0.3 is 17.9 Å². The summed E-state index contributed by atoms with van der Waals surface area (Å²) in [5, 5.41) is 50.9. The summed E-state index contributed by atoms with van der Waals surface area (Å²) in [6.07, 6.45) is -5.40. The van der Waals surface area contributed by atoms with Crippen molar-refractivity contribution in [2.24, 2.45) is 0 Å². The summed E-state index contributed by atoms with van der Waals surface area (Å²) < 4.78 is 26.4. The number of phenols is 4. The molecule has 1 aliphatic heterocycles. The first kappa shape index (κ1) is 30.7. The molecule has 0 radical (unpaired) electrons. The number of carbonyl (C=O) groups is 4. The zero-order valence-corrected chi connectivity index (χ0v) is 22.0. The van der Waals surface area contributed by atoms with Crippen LogP contribution in [0.5, 0.6) is 28.7 Å². The van der Waals surface area contributed by atoms with E-state index in [1.807, 2.05) is 0 Å². The van der Waals surface area contributed by atoms with E-state index < -0.39 is 84.0 Å². The summed E-state index contributed by atoms with van der Waals surface area (Å²) in [5.74, 6) is -6.09. The lowest BCUT2D eigenvalue weighted by Gasteiger charge is -2.42. The van der Waals surface area contributed by atoms with Crippen molar-refractivity contribution in [3.8, 4) is 28.7 Å². The minimum Gasteiger partial charge on any atom is -0.504 e. The molecule has 5 atom stereocenters. The van der Waals surface area contributed by atoms with E-state index in [9.17, 15) is 44.7 Å². The Hall–Kier alpha value is -4.82. The predicted octanol–water partition coefficient (Wildman–Crippen LogP) is 1.30. The van der Waals surface area contributed by atoms with E-state index >= 15 is 0 Å². The number of esters is 3. The number of ether oxygens (including phenoxy) is 5. The van der Waals surface area contributed by atoms with Gasteiger partial charge in [-0.1, -0.05) is 12.1 Å². The third-order valence-electron chi connectivity index (χ3n) is 5.72. The van der Waals surface area contributed by atoms with Crippen molar-refractivity contribution in [3.63, 3.8) is 0 Å². The van der Waals surface area contributed by atoms with Gasteiger partial charge in [-0.15, -0.1) is 0 Å². The summed E-state index contributed by atoms with van der Waals surface area (Å²) in [4.78, 5) is 47.4. The van der Waals surface area contributed by atoms with E-state index in [-0.39, 0.29) is 11.3 Å². The fourth-order valence-electron chi connectivity index (χ4n) is 3.87. The average molecular weight is 577 g/mol. The van der Waals surface area contributed by atoms with Crippen LogP contribution < -0.4 is 4.74 Å². The number of carbonyl (C=O) groups excluding carboxylic acids is 4. The lowest BCUT2D eigenvalue weighted by Crippen LogP contribution is -2.62. The third kappa shape index (κ3) is 7.64.